The zero-order valence-electron chi connectivity index (χ0n) is 18.1. The van der Waals surface area contributed by atoms with Crippen LogP contribution in [-0.2, 0) is 22.9 Å². The zero-order chi connectivity index (χ0) is 24.0. The van der Waals surface area contributed by atoms with Crippen LogP contribution in [0.15, 0.2) is 41.3 Å². The fourth-order valence-corrected chi connectivity index (χ4v) is 4.78. The molecule has 0 radical (unpaired) electrons. The van der Waals surface area contributed by atoms with Crippen molar-refractivity contribution in [3.05, 3.63) is 58.1 Å². The fourth-order valence-electron chi connectivity index (χ4n) is 3.81. The lowest BCUT2D eigenvalue weighted by Gasteiger charge is -2.21. The number of sulfonamides is 1. The lowest BCUT2D eigenvalue weighted by molar-refractivity contribution is 0.0977. The molecule has 0 saturated carbocycles. The van der Waals surface area contributed by atoms with Crippen LogP contribution in [-0.4, -0.2) is 50.0 Å². The molecular formula is C23H27ClN2O6S. The van der Waals surface area contributed by atoms with Crippen LogP contribution in [0.1, 0.15) is 47.2 Å². The van der Waals surface area contributed by atoms with Crippen molar-refractivity contribution in [1.82, 2.24) is 4.90 Å². The van der Waals surface area contributed by atoms with Crippen LogP contribution in [0.2, 0.25) is 5.02 Å². The fraction of sp³-hybridized carbons (Fsp3) is 0.391. The molecule has 33 heavy (non-hydrogen) atoms. The quantitative estimate of drug-likeness (QED) is 0.381. The van der Waals surface area contributed by atoms with E-state index in [9.17, 15) is 23.1 Å². The Morgan fingerprint density at radius 2 is 1.91 bits per heavy atom. The number of primary sulfonamides is 1. The van der Waals surface area contributed by atoms with Crippen molar-refractivity contribution in [2.75, 3.05) is 19.7 Å². The molecule has 1 amide bonds. The number of carbonyl (C=O) groups excluding carboxylic acids is 1. The summed E-state index contributed by atoms with van der Waals surface area (Å²) in [4.78, 5) is 25.4. The third kappa shape index (κ3) is 6.69. The lowest BCUT2D eigenvalue weighted by atomic mass is 9.99. The van der Waals surface area contributed by atoms with Crippen molar-refractivity contribution in [1.29, 1.82) is 0 Å². The number of aryl methyl sites for hydroxylation is 1. The van der Waals surface area contributed by atoms with E-state index in [2.05, 4.69) is 0 Å². The normalized spacial score (nSPS) is 13.2. The summed E-state index contributed by atoms with van der Waals surface area (Å²) in [5, 5.41) is 15.4. The highest BCUT2D eigenvalue weighted by atomic mass is 35.5. The molecule has 2 aromatic rings. The Balaban J connectivity index is 1.57. The number of fused-ring (bicyclic) bond motifs is 1. The molecule has 0 aromatic heterocycles. The van der Waals surface area contributed by atoms with Crippen molar-refractivity contribution in [3.8, 4) is 5.75 Å². The Kier molecular flexibility index (Phi) is 8.34. The summed E-state index contributed by atoms with van der Waals surface area (Å²) in [7, 11) is -4.04. The maximum Gasteiger partial charge on any atom is 0.407 e. The van der Waals surface area contributed by atoms with Gasteiger partial charge < -0.3 is 14.7 Å². The second kappa shape index (κ2) is 11.0. The van der Waals surface area contributed by atoms with Gasteiger partial charge in [0.1, 0.15) is 10.6 Å². The van der Waals surface area contributed by atoms with E-state index in [0.717, 1.165) is 12.0 Å². The molecule has 0 fully saturated rings. The van der Waals surface area contributed by atoms with Crippen molar-refractivity contribution < 1.29 is 27.9 Å². The van der Waals surface area contributed by atoms with E-state index in [0.29, 0.717) is 49.4 Å². The van der Waals surface area contributed by atoms with Crippen molar-refractivity contribution in [2.24, 2.45) is 5.14 Å². The highest BCUT2D eigenvalue weighted by molar-refractivity contribution is 7.89. The van der Waals surface area contributed by atoms with Gasteiger partial charge in [0, 0.05) is 30.1 Å². The summed E-state index contributed by atoms with van der Waals surface area (Å²) in [6.07, 6.45) is 1.94. The first kappa shape index (κ1) is 25.0. The first-order chi connectivity index (χ1) is 15.7. The summed E-state index contributed by atoms with van der Waals surface area (Å²) in [6, 6.07) is 10.2. The third-order valence-electron chi connectivity index (χ3n) is 5.56. The molecule has 8 nitrogen and oxygen atoms in total. The summed E-state index contributed by atoms with van der Waals surface area (Å²) >= 11 is 6.13. The van der Waals surface area contributed by atoms with Gasteiger partial charge >= 0.3 is 6.09 Å². The molecule has 0 unspecified atom stereocenters. The molecular weight excluding hydrogens is 468 g/mol. The average Bonchev–Trinajstić information content (AvgIpc) is 2.77. The van der Waals surface area contributed by atoms with Gasteiger partial charge in [0.2, 0.25) is 10.0 Å². The summed E-state index contributed by atoms with van der Waals surface area (Å²) < 4.78 is 29.4. The molecule has 0 spiro atoms. The number of halogens is 1. The smallest absolute Gasteiger partial charge is 0.407 e. The second-order valence-corrected chi connectivity index (χ2v) is 9.89. The van der Waals surface area contributed by atoms with E-state index in [4.69, 9.17) is 21.5 Å². The summed E-state index contributed by atoms with van der Waals surface area (Å²) in [5.74, 6) is 0.0159. The highest BCUT2D eigenvalue weighted by Gasteiger charge is 2.24. The van der Waals surface area contributed by atoms with Crippen LogP contribution in [0.5, 0.6) is 5.75 Å². The van der Waals surface area contributed by atoms with Crippen molar-refractivity contribution in [3.63, 3.8) is 0 Å². The van der Waals surface area contributed by atoms with E-state index in [-0.39, 0.29) is 35.0 Å². The SMILES string of the molecule is NS(=O)(=O)c1cc(C(=O)CCCCN(CCc2ccccc2Cl)C(=O)O)cc2c1OCCC2. The number of Topliss-reactive ketones (excluding diaryl/α,β-unsaturated/α-hetero) is 1. The monoisotopic (exact) mass is 494 g/mol. The second-order valence-electron chi connectivity index (χ2n) is 7.95. The van der Waals surface area contributed by atoms with Crippen LogP contribution < -0.4 is 9.88 Å². The number of carbonyl (C=O) groups is 2. The Morgan fingerprint density at radius 3 is 2.61 bits per heavy atom. The van der Waals surface area contributed by atoms with Gasteiger partial charge in [0.15, 0.2) is 5.78 Å². The van der Waals surface area contributed by atoms with Gasteiger partial charge in [-0.15, -0.1) is 0 Å². The molecule has 0 atom stereocenters. The topological polar surface area (TPSA) is 127 Å². The van der Waals surface area contributed by atoms with Crippen molar-refractivity contribution >= 4 is 33.5 Å². The summed E-state index contributed by atoms with van der Waals surface area (Å²) in [6.45, 7) is 0.989. The lowest BCUT2D eigenvalue weighted by Crippen LogP contribution is -2.32. The van der Waals surface area contributed by atoms with Gasteiger partial charge in [-0.25, -0.2) is 18.4 Å². The first-order valence-electron chi connectivity index (χ1n) is 10.7. The van der Waals surface area contributed by atoms with E-state index in [1.54, 1.807) is 12.1 Å². The Bertz CT molecular complexity index is 1140. The van der Waals surface area contributed by atoms with Crippen LogP contribution in [0.25, 0.3) is 0 Å². The average molecular weight is 495 g/mol. The Hall–Kier alpha value is -2.62. The molecule has 10 heteroatoms. The number of rotatable bonds is 10. The summed E-state index contributed by atoms with van der Waals surface area (Å²) in [5.41, 5.74) is 1.81. The predicted octanol–water partition coefficient (Wildman–Crippen LogP) is 3.89. The molecule has 3 rings (SSSR count). The number of unbranched alkanes of at least 4 members (excludes halogenated alkanes) is 1. The maximum atomic E-state index is 12.7. The molecule has 0 saturated heterocycles. The molecule has 0 bridgehead atoms. The predicted molar refractivity (Wildman–Crippen MR) is 125 cm³/mol. The van der Waals surface area contributed by atoms with Gasteiger partial charge in [0.05, 0.1) is 6.61 Å². The molecule has 1 aliphatic heterocycles. The first-order valence-corrected chi connectivity index (χ1v) is 12.7. The number of ether oxygens (including phenoxy) is 1. The Labute approximate surface area is 198 Å². The van der Waals surface area contributed by atoms with Crippen LogP contribution in [0, 0.1) is 0 Å². The third-order valence-corrected chi connectivity index (χ3v) is 6.84. The van der Waals surface area contributed by atoms with Gasteiger partial charge in [-0.1, -0.05) is 29.8 Å². The number of carboxylic acid groups (broad SMARTS) is 1. The van der Waals surface area contributed by atoms with Crippen LogP contribution in [0.3, 0.4) is 0 Å². The van der Waals surface area contributed by atoms with E-state index >= 15 is 0 Å². The minimum Gasteiger partial charge on any atom is -0.492 e. The standard InChI is InChI=1S/C23H27ClN2O6S/c24-19-8-2-1-6-16(19)10-12-26(23(28)29)11-4-3-9-20(27)18-14-17-7-5-13-32-22(17)21(15-18)33(25,30)31/h1-2,6,8,14-15H,3-5,7,9-13H2,(H,28,29)(H2,25,30,31). The number of hydrogen-bond acceptors (Lipinski definition) is 5. The van der Waals surface area contributed by atoms with Gasteiger partial charge in [-0.05, 0) is 61.4 Å². The number of hydrogen-bond donors (Lipinski definition) is 2. The molecule has 178 valence electrons. The van der Waals surface area contributed by atoms with E-state index < -0.39 is 16.1 Å². The molecule has 2 aromatic carbocycles. The van der Waals surface area contributed by atoms with Gasteiger partial charge in [-0.3, -0.25) is 4.79 Å². The number of nitrogens with two attached hydrogens (primary N) is 1. The molecule has 3 N–H and O–H groups in total. The minimum absolute atomic E-state index is 0.167. The van der Waals surface area contributed by atoms with Gasteiger partial charge in [-0.2, -0.15) is 0 Å². The number of ketones is 1. The van der Waals surface area contributed by atoms with E-state index in [1.165, 1.54) is 11.0 Å². The van der Waals surface area contributed by atoms with Gasteiger partial charge in [0.25, 0.3) is 0 Å². The molecule has 1 aliphatic rings. The highest BCUT2D eigenvalue weighted by Crippen LogP contribution is 2.33. The van der Waals surface area contributed by atoms with E-state index in [1.807, 2.05) is 18.2 Å². The maximum absolute atomic E-state index is 12.7. The van der Waals surface area contributed by atoms with Crippen molar-refractivity contribution in [2.45, 2.75) is 43.4 Å². The number of benzene rings is 2. The Morgan fingerprint density at radius 1 is 1.15 bits per heavy atom. The number of amides is 1. The van der Waals surface area contributed by atoms with Crippen LogP contribution in [0.4, 0.5) is 4.79 Å². The minimum atomic E-state index is -4.04. The molecule has 0 aliphatic carbocycles. The molecule has 1 heterocycles. The largest absolute Gasteiger partial charge is 0.492 e. The number of nitrogens with zero attached hydrogens (tertiary/aromatic N) is 1. The zero-order valence-corrected chi connectivity index (χ0v) is 19.7. The van der Waals surface area contributed by atoms with Crippen LogP contribution >= 0.6 is 11.6 Å².